The number of hydrogen-bond acceptors (Lipinski definition) is 6. The van der Waals surface area contributed by atoms with Crippen molar-refractivity contribution in [2.75, 3.05) is 31.8 Å². The third kappa shape index (κ3) is 4.52. The van der Waals surface area contributed by atoms with Crippen LogP contribution in [0.5, 0.6) is 11.5 Å². The fourth-order valence-corrected chi connectivity index (χ4v) is 4.45. The third-order valence-electron chi connectivity index (χ3n) is 4.84. The van der Waals surface area contributed by atoms with Crippen LogP contribution in [0.1, 0.15) is 28.2 Å². The van der Waals surface area contributed by atoms with E-state index < -0.39 is 10.0 Å². The molecule has 0 spiro atoms. The molecule has 3 aromatic rings. The summed E-state index contributed by atoms with van der Waals surface area (Å²) in [5.74, 6) is 1.02. The lowest BCUT2D eigenvalue weighted by Crippen LogP contribution is -2.25. The summed E-state index contributed by atoms with van der Waals surface area (Å²) >= 11 is 1.36. The van der Waals surface area contributed by atoms with E-state index in [1.54, 1.807) is 38.5 Å². The number of thiophene rings is 1. The highest BCUT2D eigenvalue weighted by Gasteiger charge is 2.17. The van der Waals surface area contributed by atoms with Crippen LogP contribution in [0, 0.1) is 0 Å². The van der Waals surface area contributed by atoms with Crippen LogP contribution in [0.2, 0.25) is 0 Å². The highest BCUT2D eigenvalue weighted by atomic mass is 32.2. The molecule has 7 nitrogen and oxygen atoms in total. The average Bonchev–Trinajstić information content (AvgIpc) is 3.15. The number of rotatable bonds is 7. The number of amides is 1. The van der Waals surface area contributed by atoms with Gasteiger partial charge in [0, 0.05) is 11.7 Å². The van der Waals surface area contributed by atoms with Crippen LogP contribution in [-0.4, -0.2) is 41.8 Å². The molecule has 0 aliphatic heterocycles. The predicted molar refractivity (Wildman–Crippen MR) is 120 cm³/mol. The van der Waals surface area contributed by atoms with Crippen molar-refractivity contribution in [2.45, 2.75) is 13.0 Å². The highest BCUT2D eigenvalue weighted by Crippen LogP contribution is 2.32. The number of sulfonamides is 1. The van der Waals surface area contributed by atoms with Crippen LogP contribution in [0.15, 0.2) is 42.5 Å². The van der Waals surface area contributed by atoms with Gasteiger partial charge in [-0.05, 0) is 54.3 Å². The molecule has 160 valence electrons. The summed E-state index contributed by atoms with van der Waals surface area (Å²) in [6.07, 6.45) is 1.15. The Kier molecular flexibility index (Phi) is 6.23. The number of hydrogen-bond donors (Lipinski definition) is 1. The fraction of sp³-hybridized carbons (Fsp3) is 0.286. The van der Waals surface area contributed by atoms with E-state index in [4.69, 9.17) is 9.47 Å². The molecule has 0 saturated carbocycles. The number of anilines is 1. The summed E-state index contributed by atoms with van der Waals surface area (Å²) in [5, 5.41) is 3.81. The van der Waals surface area contributed by atoms with Crippen molar-refractivity contribution in [2.24, 2.45) is 0 Å². The summed E-state index contributed by atoms with van der Waals surface area (Å²) < 4.78 is 36.2. The van der Waals surface area contributed by atoms with E-state index in [2.05, 4.69) is 5.32 Å². The predicted octanol–water partition coefficient (Wildman–Crippen LogP) is 3.81. The largest absolute Gasteiger partial charge is 0.493 e. The molecular formula is C21H24N2O5S2. The van der Waals surface area contributed by atoms with Crippen molar-refractivity contribution < 1.29 is 22.7 Å². The Balaban J connectivity index is 1.81. The van der Waals surface area contributed by atoms with E-state index in [9.17, 15) is 13.2 Å². The van der Waals surface area contributed by atoms with Crippen LogP contribution >= 0.6 is 11.3 Å². The molecule has 0 radical (unpaired) electrons. The first-order valence-corrected chi connectivity index (χ1v) is 11.8. The Bertz CT molecular complexity index is 1190. The molecular weight excluding hydrogens is 424 g/mol. The number of nitrogens with zero attached hydrogens (tertiary/aromatic N) is 1. The van der Waals surface area contributed by atoms with Crippen molar-refractivity contribution in [1.82, 2.24) is 5.32 Å². The standard InChI is InChI=1S/C21H24N2O5S2/c1-13(14-6-8-17(27-3)18(11-14)28-4)22-21(24)20-12-15-10-16(7-9-19(15)29-20)23(2)30(5,25)26/h6-13H,1-5H3,(H,22,24). The maximum Gasteiger partial charge on any atom is 0.261 e. The van der Waals surface area contributed by atoms with Crippen molar-refractivity contribution in [3.8, 4) is 11.5 Å². The van der Waals surface area contributed by atoms with Gasteiger partial charge >= 0.3 is 0 Å². The molecule has 0 bridgehead atoms. The number of fused-ring (bicyclic) bond motifs is 1. The minimum Gasteiger partial charge on any atom is -0.493 e. The van der Waals surface area contributed by atoms with Crippen LogP contribution in [0.25, 0.3) is 10.1 Å². The van der Waals surface area contributed by atoms with Gasteiger partial charge in [-0.1, -0.05) is 6.07 Å². The van der Waals surface area contributed by atoms with Gasteiger partial charge in [0.15, 0.2) is 11.5 Å². The molecule has 0 fully saturated rings. The summed E-state index contributed by atoms with van der Waals surface area (Å²) in [7, 11) is 1.29. The molecule has 1 unspecified atom stereocenters. The Morgan fingerprint density at radius 3 is 2.40 bits per heavy atom. The SMILES string of the molecule is COc1ccc(C(C)NC(=O)c2cc3cc(N(C)S(C)(=O)=O)ccc3s2)cc1OC. The number of methoxy groups -OCH3 is 2. The summed E-state index contributed by atoms with van der Waals surface area (Å²) in [5.41, 5.74) is 1.44. The maximum atomic E-state index is 12.8. The van der Waals surface area contributed by atoms with Crippen molar-refractivity contribution in [3.63, 3.8) is 0 Å². The molecule has 30 heavy (non-hydrogen) atoms. The first kappa shape index (κ1) is 21.9. The average molecular weight is 449 g/mol. The first-order valence-electron chi connectivity index (χ1n) is 9.14. The monoisotopic (exact) mass is 448 g/mol. The molecule has 1 aromatic heterocycles. The van der Waals surface area contributed by atoms with Crippen molar-refractivity contribution in [3.05, 3.63) is 52.9 Å². The van der Waals surface area contributed by atoms with E-state index in [1.165, 1.54) is 22.7 Å². The highest BCUT2D eigenvalue weighted by molar-refractivity contribution is 7.92. The van der Waals surface area contributed by atoms with Crippen LogP contribution < -0.4 is 19.1 Å². The molecule has 1 atom stereocenters. The van der Waals surface area contributed by atoms with Gasteiger partial charge in [-0.2, -0.15) is 0 Å². The Labute approximate surface area is 180 Å². The molecule has 3 rings (SSSR count). The fourth-order valence-electron chi connectivity index (χ4n) is 3.00. The smallest absolute Gasteiger partial charge is 0.261 e. The number of carbonyl (C=O) groups excluding carboxylic acids is 1. The zero-order valence-electron chi connectivity index (χ0n) is 17.4. The van der Waals surface area contributed by atoms with Gasteiger partial charge in [-0.15, -0.1) is 11.3 Å². The Morgan fingerprint density at radius 1 is 1.07 bits per heavy atom. The zero-order valence-corrected chi connectivity index (χ0v) is 19.1. The number of nitrogens with one attached hydrogen (secondary N) is 1. The Morgan fingerprint density at radius 2 is 1.77 bits per heavy atom. The summed E-state index contributed by atoms with van der Waals surface area (Å²) in [6.45, 7) is 1.89. The van der Waals surface area contributed by atoms with E-state index in [-0.39, 0.29) is 11.9 Å². The van der Waals surface area contributed by atoms with Crippen molar-refractivity contribution in [1.29, 1.82) is 0 Å². The van der Waals surface area contributed by atoms with Crippen molar-refractivity contribution >= 4 is 43.0 Å². The van der Waals surface area contributed by atoms with Gasteiger partial charge in [-0.3, -0.25) is 9.10 Å². The third-order valence-corrected chi connectivity index (χ3v) is 7.16. The van der Waals surface area contributed by atoms with Gasteiger partial charge in [-0.25, -0.2) is 8.42 Å². The second-order valence-corrected chi connectivity index (χ2v) is 9.97. The molecule has 0 aliphatic rings. The van der Waals surface area contributed by atoms with Gasteiger partial charge < -0.3 is 14.8 Å². The lowest BCUT2D eigenvalue weighted by molar-refractivity contribution is 0.0944. The number of benzene rings is 2. The quantitative estimate of drug-likeness (QED) is 0.594. The van der Waals surface area contributed by atoms with Crippen LogP contribution in [0.4, 0.5) is 5.69 Å². The normalized spacial score (nSPS) is 12.4. The molecule has 0 aliphatic carbocycles. The van der Waals surface area contributed by atoms with E-state index >= 15 is 0 Å². The van der Waals surface area contributed by atoms with Crippen LogP contribution in [-0.2, 0) is 10.0 Å². The number of ether oxygens (including phenoxy) is 2. The topological polar surface area (TPSA) is 84.9 Å². The van der Waals surface area contributed by atoms with Gasteiger partial charge in [0.2, 0.25) is 10.0 Å². The lowest BCUT2D eigenvalue weighted by atomic mass is 10.1. The van der Waals surface area contributed by atoms with Crippen LogP contribution in [0.3, 0.4) is 0 Å². The molecule has 1 amide bonds. The molecule has 1 heterocycles. The first-order chi connectivity index (χ1) is 14.1. The molecule has 9 heteroatoms. The van der Waals surface area contributed by atoms with E-state index in [1.807, 2.05) is 25.1 Å². The molecule has 0 saturated heterocycles. The minimum atomic E-state index is -3.35. The minimum absolute atomic E-state index is 0.198. The summed E-state index contributed by atoms with van der Waals surface area (Å²) in [4.78, 5) is 13.3. The van der Waals surface area contributed by atoms with Gasteiger partial charge in [0.05, 0.1) is 37.1 Å². The van der Waals surface area contributed by atoms with Gasteiger partial charge in [0.1, 0.15) is 0 Å². The van der Waals surface area contributed by atoms with E-state index in [0.29, 0.717) is 22.1 Å². The lowest BCUT2D eigenvalue weighted by Gasteiger charge is -2.16. The van der Waals surface area contributed by atoms with E-state index in [0.717, 1.165) is 21.9 Å². The number of carbonyl (C=O) groups is 1. The van der Waals surface area contributed by atoms with Gasteiger partial charge in [0.25, 0.3) is 5.91 Å². The second-order valence-electron chi connectivity index (χ2n) is 6.87. The molecule has 1 N–H and O–H groups in total. The zero-order chi connectivity index (χ0) is 22.1. The maximum absolute atomic E-state index is 12.8. The second kappa shape index (κ2) is 8.53. The summed E-state index contributed by atoms with van der Waals surface area (Å²) in [6, 6.07) is 12.4. The molecule has 2 aromatic carbocycles. The Hall–Kier alpha value is -2.78.